The van der Waals surface area contributed by atoms with Crippen molar-refractivity contribution in [2.75, 3.05) is 11.4 Å². The molecule has 0 amide bonds. The highest BCUT2D eigenvalue weighted by Gasteiger charge is 2.14. The summed E-state index contributed by atoms with van der Waals surface area (Å²) in [7, 11) is 0. The van der Waals surface area contributed by atoms with Crippen LogP contribution in [0.3, 0.4) is 0 Å². The van der Waals surface area contributed by atoms with Crippen LogP contribution >= 0.6 is 0 Å². The van der Waals surface area contributed by atoms with Gasteiger partial charge >= 0.3 is 0 Å². The molecule has 0 saturated heterocycles. The predicted octanol–water partition coefficient (Wildman–Crippen LogP) is 5.04. The molecule has 3 aromatic carbocycles. The van der Waals surface area contributed by atoms with Crippen LogP contribution in [-0.4, -0.2) is 26.4 Å². The van der Waals surface area contributed by atoms with E-state index in [1.165, 1.54) is 11.1 Å². The Morgan fingerprint density at radius 3 is 2.00 bits per heavy atom. The van der Waals surface area contributed by atoms with Gasteiger partial charge < -0.3 is 4.90 Å². The quantitative estimate of drug-likeness (QED) is 0.381. The van der Waals surface area contributed by atoms with Gasteiger partial charge in [0, 0.05) is 18.7 Å². The minimum atomic E-state index is 0.741. The topological polar surface area (TPSA) is 46.3 Å². The summed E-state index contributed by atoms with van der Waals surface area (Å²) in [6, 6.07) is 35.2. The van der Waals surface area contributed by atoms with E-state index in [1.807, 2.05) is 53.0 Å². The molecule has 5 nitrogen and oxygen atoms in total. The predicted molar refractivity (Wildman–Crippen MR) is 124 cm³/mol. The zero-order valence-corrected chi connectivity index (χ0v) is 17.2. The average Bonchev–Trinajstić information content (AvgIpc) is 3.27. The Bertz CT molecular complexity index is 1250. The van der Waals surface area contributed by atoms with E-state index in [-0.39, 0.29) is 0 Å². The van der Waals surface area contributed by atoms with Crippen molar-refractivity contribution in [3.63, 3.8) is 0 Å². The Morgan fingerprint density at radius 2 is 1.29 bits per heavy atom. The number of rotatable bonds is 7. The lowest BCUT2D eigenvalue weighted by Crippen LogP contribution is -2.27. The molecule has 0 bridgehead atoms. The number of benzene rings is 3. The zero-order chi connectivity index (χ0) is 20.9. The molecular weight excluding hydrogens is 382 g/mol. The first kappa shape index (κ1) is 19.0. The first-order valence-electron chi connectivity index (χ1n) is 10.5. The Morgan fingerprint density at radius 1 is 0.645 bits per heavy atom. The molecule has 2 heterocycles. The molecule has 31 heavy (non-hydrogen) atoms. The Hall–Kier alpha value is -3.99. The largest absolute Gasteiger partial charge is 0.351 e. The van der Waals surface area contributed by atoms with Crippen molar-refractivity contribution in [1.82, 2.24) is 19.8 Å². The van der Waals surface area contributed by atoms with Crippen LogP contribution in [0.4, 0.5) is 5.82 Å². The van der Waals surface area contributed by atoms with Crippen LogP contribution in [0.1, 0.15) is 11.1 Å². The van der Waals surface area contributed by atoms with Crippen LogP contribution in [0.5, 0.6) is 0 Å². The highest BCUT2D eigenvalue weighted by atomic mass is 15.4. The van der Waals surface area contributed by atoms with Crippen molar-refractivity contribution >= 4 is 11.5 Å². The number of hydrogen-bond donors (Lipinski definition) is 0. The molecular formula is C26H23N5. The van der Waals surface area contributed by atoms with Gasteiger partial charge in [-0.1, -0.05) is 91.0 Å². The number of fused-ring (bicyclic) bond motifs is 1. The molecule has 0 aliphatic rings. The van der Waals surface area contributed by atoms with Gasteiger partial charge in [0.2, 0.25) is 0 Å². The fourth-order valence-corrected chi connectivity index (χ4v) is 3.70. The molecule has 0 fully saturated rings. The van der Waals surface area contributed by atoms with Gasteiger partial charge in [-0.25, -0.2) is 0 Å². The summed E-state index contributed by atoms with van der Waals surface area (Å²) in [4.78, 5) is 2.32. The fraction of sp³-hybridized carbons (Fsp3) is 0.115. The molecule has 0 unspecified atom stereocenters. The van der Waals surface area contributed by atoms with Gasteiger partial charge in [-0.05, 0) is 29.7 Å². The maximum absolute atomic E-state index is 4.94. The van der Waals surface area contributed by atoms with Crippen LogP contribution in [0, 0.1) is 0 Å². The number of anilines is 1. The lowest BCUT2D eigenvalue weighted by atomic mass is 10.1. The molecule has 152 valence electrons. The van der Waals surface area contributed by atoms with E-state index < -0.39 is 0 Å². The summed E-state index contributed by atoms with van der Waals surface area (Å²) < 4.78 is 1.84. The van der Waals surface area contributed by atoms with Gasteiger partial charge in [0.25, 0.3) is 0 Å². The van der Waals surface area contributed by atoms with Gasteiger partial charge in [0.1, 0.15) is 5.82 Å². The SMILES string of the molecule is c1ccc(CCN(Cc2ccccc2)c2ccc3nnc(-c4ccccc4)n3n2)cc1. The number of hydrogen-bond acceptors (Lipinski definition) is 4. The van der Waals surface area contributed by atoms with Gasteiger partial charge in [-0.3, -0.25) is 0 Å². The van der Waals surface area contributed by atoms with Crippen molar-refractivity contribution < 1.29 is 0 Å². The molecule has 5 heteroatoms. The average molecular weight is 406 g/mol. The van der Waals surface area contributed by atoms with Gasteiger partial charge in [-0.15, -0.1) is 15.3 Å². The zero-order valence-electron chi connectivity index (χ0n) is 17.2. The van der Waals surface area contributed by atoms with Gasteiger partial charge in [0.15, 0.2) is 11.5 Å². The van der Waals surface area contributed by atoms with Gasteiger partial charge in [-0.2, -0.15) is 4.52 Å². The molecule has 0 aliphatic carbocycles. The van der Waals surface area contributed by atoms with Crippen LogP contribution in [-0.2, 0) is 13.0 Å². The van der Waals surface area contributed by atoms with E-state index >= 15 is 0 Å². The summed E-state index contributed by atoms with van der Waals surface area (Å²) in [6.07, 6.45) is 0.946. The number of aromatic nitrogens is 4. The molecule has 0 N–H and O–H groups in total. The first-order valence-corrected chi connectivity index (χ1v) is 10.5. The third kappa shape index (κ3) is 4.31. The summed E-state index contributed by atoms with van der Waals surface area (Å²) in [5.74, 6) is 1.66. The molecule has 5 rings (SSSR count). The molecule has 0 spiro atoms. The smallest absolute Gasteiger partial charge is 0.185 e. The third-order valence-corrected chi connectivity index (χ3v) is 5.33. The maximum Gasteiger partial charge on any atom is 0.185 e. The minimum Gasteiger partial charge on any atom is -0.351 e. The van der Waals surface area contributed by atoms with Crippen LogP contribution < -0.4 is 4.90 Å². The summed E-state index contributed by atoms with van der Waals surface area (Å²) in [5.41, 5.74) is 4.31. The summed E-state index contributed by atoms with van der Waals surface area (Å²) in [5, 5.41) is 13.6. The van der Waals surface area contributed by atoms with Crippen molar-refractivity contribution in [2.45, 2.75) is 13.0 Å². The second-order valence-corrected chi connectivity index (χ2v) is 7.49. The minimum absolute atomic E-state index is 0.741. The Labute approximate surface area is 181 Å². The molecule has 5 aromatic rings. The second-order valence-electron chi connectivity index (χ2n) is 7.49. The van der Waals surface area contributed by atoms with Crippen molar-refractivity contribution in [1.29, 1.82) is 0 Å². The Balaban J connectivity index is 1.50. The van der Waals surface area contributed by atoms with E-state index in [4.69, 9.17) is 5.10 Å². The highest BCUT2D eigenvalue weighted by molar-refractivity contribution is 5.59. The van der Waals surface area contributed by atoms with Crippen molar-refractivity contribution in [3.05, 3.63) is 114 Å². The van der Waals surface area contributed by atoms with Crippen molar-refractivity contribution in [2.24, 2.45) is 0 Å². The monoisotopic (exact) mass is 405 g/mol. The molecule has 0 atom stereocenters. The molecule has 0 radical (unpaired) electrons. The third-order valence-electron chi connectivity index (χ3n) is 5.33. The summed E-state index contributed by atoms with van der Waals surface area (Å²) in [6.45, 7) is 1.65. The van der Waals surface area contributed by atoms with Crippen LogP contribution in [0.15, 0.2) is 103 Å². The fourth-order valence-electron chi connectivity index (χ4n) is 3.70. The van der Waals surface area contributed by atoms with E-state index in [9.17, 15) is 0 Å². The van der Waals surface area contributed by atoms with E-state index in [0.717, 1.165) is 42.4 Å². The second kappa shape index (κ2) is 8.79. The summed E-state index contributed by atoms with van der Waals surface area (Å²) >= 11 is 0. The highest BCUT2D eigenvalue weighted by Crippen LogP contribution is 2.21. The molecule has 0 saturated carbocycles. The molecule has 2 aromatic heterocycles. The Kier molecular flexibility index (Phi) is 5.39. The van der Waals surface area contributed by atoms with E-state index in [1.54, 1.807) is 0 Å². The lowest BCUT2D eigenvalue weighted by Gasteiger charge is -2.24. The van der Waals surface area contributed by atoms with Crippen LogP contribution in [0.25, 0.3) is 17.0 Å². The number of nitrogens with zero attached hydrogens (tertiary/aromatic N) is 5. The standard InChI is InChI=1S/C26H23N5/c1-4-10-21(11-5-1)18-19-30(20-22-12-6-2-7-13-22)25-17-16-24-27-28-26(31(24)29-25)23-14-8-3-9-15-23/h1-17H,18-20H2. The van der Waals surface area contributed by atoms with Crippen LogP contribution in [0.2, 0.25) is 0 Å². The molecule has 0 aliphatic heterocycles. The first-order chi connectivity index (χ1) is 15.4. The normalized spacial score (nSPS) is 11.0. The van der Waals surface area contributed by atoms with E-state index in [2.05, 4.69) is 69.7 Å². The maximum atomic E-state index is 4.94. The van der Waals surface area contributed by atoms with E-state index in [0.29, 0.717) is 0 Å². The lowest BCUT2D eigenvalue weighted by molar-refractivity contribution is 0.749. The van der Waals surface area contributed by atoms with Gasteiger partial charge in [0.05, 0.1) is 0 Å². The van der Waals surface area contributed by atoms with Crippen molar-refractivity contribution in [3.8, 4) is 11.4 Å².